The number of ether oxygens (including phenoxy) is 1. The van der Waals surface area contributed by atoms with Gasteiger partial charge in [0.25, 0.3) is 0 Å². The molecular formula is C28H34Cl2N4O. The molecule has 1 aromatic heterocycles. The van der Waals surface area contributed by atoms with E-state index in [0.717, 1.165) is 36.4 Å². The minimum absolute atomic E-state index is 0.160. The van der Waals surface area contributed by atoms with Crippen LogP contribution < -0.4 is 4.74 Å². The van der Waals surface area contributed by atoms with Crippen LogP contribution >= 0.6 is 23.2 Å². The Bertz CT molecular complexity index is 1050. The van der Waals surface area contributed by atoms with E-state index in [4.69, 9.17) is 27.9 Å². The Labute approximate surface area is 219 Å². The third-order valence-corrected chi connectivity index (χ3v) is 6.23. The molecule has 0 spiro atoms. The monoisotopic (exact) mass is 512 g/mol. The zero-order chi connectivity index (χ0) is 24.9. The maximum absolute atomic E-state index is 6.39. The fourth-order valence-electron chi connectivity index (χ4n) is 3.63. The summed E-state index contributed by atoms with van der Waals surface area (Å²) in [6, 6.07) is 15.7. The van der Waals surface area contributed by atoms with Gasteiger partial charge in [-0.1, -0.05) is 87.7 Å². The lowest BCUT2D eigenvalue weighted by atomic mass is 10.1. The molecule has 0 saturated carbocycles. The third-order valence-electron chi connectivity index (χ3n) is 5.70. The first kappa shape index (κ1) is 27.1. The fraction of sp³-hybridized carbons (Fsp3) is 0.429. The third kappa shape index (κ3) is 8.90. The summed E-state index contributed by atoms with van der Waals surface area (Å²) in [5, 5.41) is 8.80. The average molecular weight is 514 g/mol. The normalized spacial score (nSPS) is 11.3. The van der Waals surface area contributed by atoms with Crippen molar-refractivity contribution in [3.8, 4) is 17.1 Å². The first-order valence-corrected chi connectivity index (χ1v) is 13.3. The van der Waals surface area contributed by atoms with E-state index in [1.807, 2.05) is 36.4 Å². The lowest BCUT2D eigenvalue weighted by Crippen LogP contribution is -1.97. The molecule has 35 heavy (non-hydrogen) atoms. The number of aryl methyl sites for hydroxylation is 1. The summed E-state index contributed by atoms with van der Waals surface area (Å²) in [7, 11) is 0. The maximum Gasteiger partial charge on any atom is 0.162 e. The Morgan fingerprint density at radius 3 is 1.97 bits per heavy atom. The van der Waals surface area contributed by atoms with Gasteiger partial charge in [0.2, 0.25) is 0 Å². The van der Waals surface area contributed by atoms with Crippen molar-refractivity contribution in [3.63, 3.8) is 0 Å². The number of hydrogen-bond donors (Lipinski definition) is 0. The molecule has 0 unspecified atom stereocenters. The van der Waals surface area contributed by atoms with Gasteiger partial charge in [-0.25, -0.2) is 9.97 Å². The van der Waals surface area contributed by atoms with Crippen molar-refractivity contribution in [3.05, 3.63) is 64.4 Å². The maximum atomic E-state index is 6.39. The van der Waals surface area contributed by atoms with Gasteiger partial charge in [-0.05, 0) is 61.2 Å². The van der Waals surface area contributed by atoms with Crippen LogP contribution in [0.3, 0.4) is 0 Å². The van der Waals surface area contributed by atoms with E-state index in [-0.39, 0.29) is 16.0 Å². The van der Waals surface area contributed by atoms with Crippen LogP contribution in [0.15, 0.2) is 58.8 Å². The van der Waals surface area contributed by atoms with Gasteiger partial charge in [0.05, 0.1) is 12.3 Å². The minimum Gasteiger partial charge on any atom is -0.494 e. The van der Waals surface area contributed by atoms with Gasteiger partial charge in [0, 0.05) is 5.56 Å². The van der Waals surface area contributed by atoms with Gasteiger partial charge in [-0.3, -0.25) is 0 Å². The van der Waals surface area contributed by atoms with E-state index >= 15 is 0 Å². The zero-order valence-corrected chi connectivity index (χ0v) is 22.2. The van der Waals surface area contributed by atoms with E-state index in [9.17, 15) is 0 Å². The Hall–Kier alpha value is -2.50. The molecule has 2 aromatic carbocycles. The summed E-state index contributed by atoms with van der Waals surface area (Å²) in [6.45, 7) is 5.14. The Morgan fingerprint density at radius 1 is 0.714 bits per heavy atom. The fourth-order valence-corrected chi connectivity index (χ4v) is 4.09. The molecule has 0 radical (unpaired) electrons. The molecule has 0 saturated heterocycles. The van der Waals surface area contributed by atoms with Gasteiger partial charge >= 0.3 is 0 Å². The number of hydrogen-bond acceptors (Lipinski definition) is 5. The summed E-state index contributed by atoms with van der Waals surface area (Å²) in [5.41, 5.74) is 3.08. The number of nitrogens with zero attached hydrogens (tertiary/aromatic N) is 4. The molecule has 0 fully saturated rings. The SMILES string of the molecule is CCCCCCOc1ccc(-c2nc(Cl)c(N=Nc3ccc(CCCCCC)cc3)c(Cl)n2)cc1. The lowest BCUT2D eigenvalue weighted by molar-refractivity contribution is 0.305. The molecule has 0 amide bonds. The number of aromatic nitrogens is 2. The van der Waals surface area contributed by atoms with Crippen molar-refractivity contribution >= 4 is 34.6 Å². The summed E-state index contributed by atoms with van der Waals surface area (Å²) in [4.78, 5) is 8.76. The lowest BCUT2D eigenvalue weighted by Gasteiger charge is -2.08. The molecule has 0 atom stereocenters. The second-order valence-electron chi connectivity index (χ2n) is 8.59. The van der Waals surface area contributed by atoms with Crippen LogP contribution in [0.5, 0.6) is 5.75 Å². The largest absolute Gasteiger partial charge is 0.494 e. The smallest absolute Gasteiger partial charge is 0.162 e. The van der Waals surface area contributed by atoms with Crippen molar-refractivity contribution in [2.24, 2.45) is 10.2 Å². The molecule has 0 aliphatic rings. The highest BCUT2D eigenvalue weighted by Gasteiger charge is 2.13. The van der Waals surface area contributed by atoms with Crippen LogP contribution in [0, 0.1) is 0 Å². The Morgan fingerprint density at radius 2 is 1.34 bits per heavy atom. The minimum atomic E-state index is 0.160. The van der Waals surface area contributed by atoms with E-state index in [1.54, 1.807) is 0 Å². The van der Waals surface area contributed by atoms with E-state index < -0.39 is 0 Å². The predicted octanol–water partition coefficient (Wildman–Crippen LogP) is 9.95. The van der Waals surface area contributed by atoms with Crippen LogP contribution in [0.1, 0.15) is 70.8 Å². The average Bonchev–Trinajstić information content (AvgIpc) is 2.87. The molecule has 5 nitrogen and oxygen atoms in total. The van der Waals surface area contributed by atoms with Crippen molar-refractivity contribution in [2.45, 2.75) is 71.6 Å². The molecule has 3 rings (SSSR count). The van der Waals surface area contributed by atoms with E-state index in [2.05, 4.69) is 46.2 Å². The molecule has 7 heteroatoms. The molecule has 0 N–H and O–H groups in total. The van der Waals surface area contributed by atoms with Crippen molar-refractivity contribution in [2.75, 3.05) is 6.61 Å². The van der Waals surface area contributed by atoms with Crippen LogP contribution in [0.2, 0.25) is 10.3 Å². The predicted molar refractivity (Wildman–Crippen MR) is 146 cm³/mol. The number of benzene rings is 2. The second kappa shape index (κ2) is 14.8. The first-order chi connectivity index (χ1) is 17.1. The van der Waals surface area contributed by atoms with Gasteiger partial charge in [0.15, 0.2) is 21.8 Å². The molecule has 0 aliphatic heterocycles. The van der Waals surface area contributed by atoms with Crippen LogP contribution in [0.25, 0.3) is 11.4 Å². The number of rotatable bonds is 14. The standard InChI is InChI=1S/C28H34Cl2N4O/c1-3-5-7-9-11-21-12-16-23(17-13-21)33-34-25-26(29)31-28(32-27(25)30)22-14-18-24(19-15-22)35-20-10-8-6-4-2/h12-19H,3-11,20H2,1-2H3. The van der Waals surface area contributed by atoms with Crippen LogP contribution in [-0.4, -0.2) is 16.6 Å². The van der Waals surface area contributed by atoms with Crippen molar-refractivity contribution < 1.29 is 4.74 Å². The van der Waals surface area contributed by atoms with E-state index in [0.29, 0.717) is 5.82 Å². The summed E-state index contributed by atoms with van der Waals surface area (Å²) < 4.78 is 5.80. The quantitative estimate of drug-likeness (QED) is 0.122. The van der Waals surface area contributed by atoms with Crippen LogP contribution in [-0.2, 0) is 6.42 Å². The van der Waals surface area contributed by atoms with E-state index in [1.165, 1.54) is 50.5 Å². The molecule has 0 aliphatic carbocycles. The summed E-state index contributed by atoms with van der Waals surface area (Å²) in [6.07, 6.45) is 10.8. The zero-order valence-electron chi connectivity index (χ0n) is 20.6. The topological polar surface area (TPSA) is 59.7 Å². The number of halogens is 2. The highest BCUT2D eigenvalue weighted by Crippen LogP contribution is 2.34. The summed E-state index contributed by atoms with van der Waals surface area (Å²) >= 11 is 12.8. The molecular weight excluding hydrogens is 479 g/mol. The Balaban J connectivity index is 1.60. The van der Waals surface area contributed by atoms with Gasteiger partial charge in [0.1, 0.15) is 5.75 Å². The number of unbranched alkanes of at least 4 members (excludes halogenated alkanes) is 6. The van der Waals surface area contributed by atoms with Gasteiger partial charge in [-0.15, -0.1) is 5.11 Å². The molecule has 3 aromatic rings. The molecule has 186 valence electrons. The second-order valence-corrected chi connectivity index (χ2v) is 9.30. The summed E-state index contributed by atoms with van der Waals surface area (Å²) in [5.74, 6) is 1.25. The van der Waals surface area contributed by atoms with Crippen molar-refractivity contribution in [1.82, 2.24) is 9.97 Å². The highest BCUT2D eigenvalue weighted by molar-refractivity contribution is 6.37. The van der Waals surface area contributed by atoms with Crippen LogP contribution in [0.4, 0.5) is 11.4 Å². The van der Waals surface area contributed by atoms with Gasteiger partial charge < -0.3 is 4.74 Å². The Kier molecular flexibility index (Phi) is 11.5. The highest BCUT2D eigenvalue weighted by atomic mass is 35.5. The van der Waals surface area contributed by atoms with Crippen molar-refractivity contribution in [1.29, 1.82) is 0 Å². The van der Waals surface area contributed by atoms with Gasteiger partial charge in [-0.2, -0.15) is 5.11 Å². The first-order valence-electron chi connectivity index (χ1n) is 12.6. The molecule has 0 bridgehead atoms. The molecule has 1 heterocycles. The number of azo groups is 1.